The van der Waals surface area contributed by atoms with Gasteiger partial charge in [0.2, 0.25) is 0 Å². The lowest BCUT2D eigenvalue weighted by Gasteiger charge is -1.97. The SMILES string of the molecule is c1ccc(-n2cc(-c3c[nH]c4ncccc34)nn2)cc1. The molecule has 3 heterocycles. The number of para-hydroxylation sites is 1. The van der Waals surface area contributed by atoms with Gasteiger partial charge in [-0.05, 0) is 24.3 Å². The highest BCUT2D eigenvalue weighted by Crippen LogP contribution is 2.25. The largest absolute Gasteiger partial charge is 0.345 e. The minimum Gasteiger partial charge on any atom is -0.345 e. The molecule has 96 valence electrons. The maximum absolute atomic E-state index is 4.28. The normalized spacial score (nSPS) is 11.0. The lowest BCUT2D eigenvalue weighted by molar-refractivity contribution is 0.804. The third-order valence-electron chi connectivity index (χ3n) is 3.24. The van der Waals surface area contributed by atoms with Crippen LogP contribution in [-0.2, 0) is 0 Å². The predicted octanol–water partition coefficient (Wildman–Crippen LogP) is 2.81. The molecule has 0 amide bonds. The van der Waals surface area contributed by atoms with Gasteiger partial charge in [0.15, 0.2) is 0 Å². The van der Waals surface area contributed by atoms with Gasteiger partial charge in [0, 0.05) is 23.3 Å². The molecule has 0 aliphatic rings. The second-order valence-electron chi connectivity index (χ2n) is 4.49. The summed E-state index contributed by atoms with van der Waals surface area (Å²) < 4.78 is 1.77. The lowest BCUT2D eigenvalue weighted by Crippen LogP contribution is -1.93. The van der Waals surface area contributed by atoms with Crippen molar-refractivity contribution in [2.75, 3.05) is 0 Å². The molecule has 0 radical (unpaired) electrons. The van der Waals surface area contributed by atoms with Crippen molar-refractivity contribution in [2.24, 2.45) is 0 Å². The molecule has 0 unspecified atom stereocenters. The zero-order chi connectivity index (χ0) is 13.4. The van der Waals surface area contributed by atoms with Crippen LogP contribution in [0.1, 0.15) is 0 Å². The molecule has 0 aliphatic carbocycles. The first kappa shape index (κ1) is 10.9. The Hall–Kier alpha value is -2.95. The fourth-order valence-corrected chi connectivity index (χ4v) is 2.26. The molecule has 5 heteroatoms. The Balaban J connectivity index is 1.82. The van der Waals surface area contributed by atoms with Gasteiger partial charge in [-0.3, -0.25) is 0 Å². The van der Waals surface area contributed by atoms with Crippen LogP contribution in [0.3, 0.4) is 0 Å². The zero-order valence-corrected chi connectivity index (χ0v) is 10.6. The van der Waals surface area contributed by atoms with E-state index in [1.807, 2.05) is 54.9 Å². The van der Waals surface area contributed by atoms with Gasteiger partial charge in [-0.25, -0.2) is 9.67 Å². The maximum Gasteiger partial charge on any atom is 0.137 e. The average molecular weight is 261 g/mol. The van der Waals surface area contributed by atoms with Gasteiger partial charge in [0.25, 0.3) is 0 Å². The second-order valence-corrected chi connectivity index (χ2v) is 4.49. The molecule has 0 atom stereocenters. The fraction of sp³-hybridized carbons (Fsp3) is 0. The topological polar surface area (TPSA) is 59.4 Å². The summed E-state index contributed by atoms with van der Waals surface area (Å²) in [4.78, 5) is 7.43. The van der Waals surface area contributed by atoms with E-state index in [4.69, 9.17) is 0 Å². The Bertz CT molecular complexity index is 860. The Kier molecular flexibility index (Phi) is 2.35. The molecule has 0 spiro atoms. The van der Waals surface area contributed by atoms with E-state index in [-0.39, 0.29) is 0 Å². The first-order valence-corrected chi connectivity index (χ1v) is 6.32. The van der Waals surface area contributed by atoms with Crippen LogP contribution in [0.4, 0.5) is 0 Å². The number of rotatable bonds is 2. The van der Waals surface area contributed by atoms with Crippen LogP contribution in [0.15, 0.2) is 61.1 Å². The highest BCUT2D eigenvalue weighted by Gasteiger charge is 2.10. The van der Waals surface area contributed by atoms with Gasteiger partial charge in [-0.15, -0.1) is 5.10 Å². The highest BCUT2D eigenvalue weighted by atomic mass is 15.4. The summed E-state index contributed by atoms with van der Waals surface area (Å²) in [5.41, 5.74) is 3.68. The minimum atomic E-state index is 0.827. The number of hydrogen-bond donors (Lipinski definition) is 1. The number of nitrogens with zero attached hydrogens (tertiary/aromatic N) is 4. The molecule has 1 aromatic carbocycles. The van der Waals surface area contributed by atoms with Gasteiger partial charge in [0.05, 0.1) is 11.9 Å². The Labute approximate surface area is 114 Å². The van der Waals surface area contributed by atoms with Crippen molar-refractivity contribution in [3.8, 4) is 16.9 Å². The van der Waals surface area contributed by atoms with Crippen molar-refractivity contribution < 1.29 is 0 Å². The van der Waals surface area contributed by atoms with E-state index in [1.54, 1.807) is 10.9 Å². The fourth-order valence-electron chi connectivity index (χ4n) is 2.26. The molecule has 5 nitrogen and oxygen atoms in total. The first-order valence-electron chi connectivity index (χ1n) is 6.32. The van der Waals surface area contributed by atoms with E-state index in [0.29, 0.717) is 0 Å². The number of aromatic amines is 1. The quantitative estimate of drug-likeness (QED) is 0.603. The molecule has 0 saturated carbocycles. The summed E-state index contributed by atoms with van der Waals surface area (Å²) in [6.07, 6.45) is 5.60. The highest BCUT2D eigenvalue weighted by molar-refractivity contribution is 5.92. The second kappa shape index (κ2) is 4.31. The third kappa shape index (κ3) is 1.68. The number of H-pyrrole nitrogens is 1. The van der Waals surface area contributed by atoms with Crippen molar-refractivity contribution >= 4 is 11.0 Å². The molecule has 20 heavy (non-hydrogen) atoms. The van der Waals surface area contributed by atoms with Gasteiger partial charge in [-0.2, -0.15) is 0 Å². The molecule has 0 bridgehead atoms. The Morgan fingerprint density at radius 2 is 1.90 bits per heavy atom. The number of fused-ring (bicyclic) bond motifs is 1. The van der Waals surface area contributed by atoms with Gasteiger partial charge in [-0.1, -0.05) is 23.4 Å². The van der Waals surface area contributed by atoms with Crippen LogP contribution in [0.2, 0.25) is 0 Å². The van der Waals surface area contributed by atoms with Crippen molar-refractivity contribution in [1.82, 2.24) is 25.0 Å². The summed E-state index contributed by atoms with van der Waals surface area (Å²) in [6.45, 7) is 0. The molecule has 1 N–H and O–H groups in total. The third-order valence-corrected chi connectivity index (χ3v) is 3.24. The molecule has 4 aromatic rings. The summed E-state index contributed by atoms with van der Waals surface area (Å²) in [5.74, 6) is 0. The van der Waals surface area contributed by atoms with E-state index >= 15 is 0 Å². The minimum absolute atomic E-state index is 0.827. The molecule has 0 aliphatic heterocycles. The van der Waals surface area contributed by atoms with Crippen LogP contribution < -0.4 is 0 Å². The molecule has 4 rings (SSSR count). The number of benzene rings is 1. The smallest absolute Gasteiger partial charge is 0.137 e. The van der Waals surface area contributed by atoms with Gasteiger partial charge in [0.1, 0.15) is 11.3 Å². The van der Waals surface area contributed by atoms with E-state index in [2.05, 4.69) is 20.3 Å². The Morgan fingerprint density at radius 1 is 1.00 bits per heavy atom. The van der Waals surface area contributed by atoms with E-state index < -0.39 is 0 Å². The van der Waals surface area contributed by atoms with Crippen LogP contribution >= 0.6 is 0 Å². The summed E-state index contributed by atoms with van der Waals surface area (Å²) in [6, 6.07) is 13.9. The number of pyridine rings is 1. The first-order chi connectivity index (χ1) is 9.92. The van der Waals surface area contributed by atoms with Crippen molar-refractivity contribution in [3.05, 3.63) is 61.1 Å². The van der Waals surface area contributed by atoms with Crippen molar-refractivity contribution in [2.45, 2.75) is 0 Å². The van der Waals surface area contributed by atoms with Crippen molar-refractivity contribution in [3.63, 3.8) is 0 Å². The molecule has 0 saturated heterocycles. The van der Waals surface area contributed by atoms with E-state index in [1.165, 1.54) is 0 Å². The molecular formula is C15H11N5. The number of hydrogen-bond acceptors (Lipinski definition) is 3. The van der Waals surface area contributed by atoms with Crippen LogP contribution in [-0.4, -0.2) is 25.0 Å². The van der Waals surface area contributed by atoms with Crippen LogP contribution in [0, 0.1) is 0 Å². The summed E-state index contributed by atoms with van der Waals surface area (Å²) in [7, 11) is 0. The number of nitrogens with one attached hydrogen (secondary N) is 1. The number of aromatic nitrogens is 5. The maximum atomic E-state index is 4.28. The standard InChI is InChI=1S/C15H11N5/c1-2-5-11(6-3-1)20-10-14(18-19-20)13-9-17-15-12(13)7-4-8-16-15/h1-10H,(H,16,17). The predicted molar refractivity (Wildman–Crippen MR) is 76.4 cm³/mol. The zero-order valence-electron chi connectivity index (χ0n) is 10.6. The average Bonchev–Trinajstić information content (AvgIpc) is 3.14. The van der Waals surface area contributed by atoms with E-state index in [9.17, 15) is 0 Å². The monoisotopic (exact) mass is 261 g/mol. The van der Waals surface area contributed by atoms with Crippen molar-refractivity contribution in [1.29, 1.82) is 0 Å². The summed E-state index contributed by atoms with van der Waals surface area (Å²) >= 11 is 0. The molecular weight excluding hydrogens is 250 g/mol. The molecule has 0 fully saturated rings. The van der Waals surface area contributed by atoms with Gasteiger partial charge >= 0.3 is 0 Å². The lowest BCUT2D eigenvalue weighted by atomic mass is 10.2. The van der Waals surface area contributed by atoms with Crippen LogP contribution in [0.25, 0.3) is 28.0 Å². The Morgan fingerprint density at radius 3 is 2.80 bits per heavy atom. The molecule has 3 aromatic heterocycles. The van der Waals surface area contributed by atoms with E-state index in [0.717, 1.165) is 28.0 Å². The van der Waals surface area contributed by atoms with Gasteiger partial charge < -0.3 is 4.98 Å². The summed E-state index contributed by atoms with van der Waals surface area (Å²) in [5, 5.41) is 9.48. The van der Waals surface area contributed by atoms with Crippen LogP contribution in [0.5, 0.6) is 0 Å².